The van der Waals surface area contributed by atoms with Crippen LogP contribution in [0.5, 0.6) is 5.75 Å². The molecule has 0 spiro atoms. The fourth-order valence-corrected chi connectivity index (χ4v) is 2.11. The number of carbonyl (C=O) groups is 1. The number of halogens is 1. The first-order valence-corrected chi connectivity index (χ1v) is 7.28. The zero-order valence-electron chi connectivity index (χ0n) is 12.4. The summed E-state index contributed by atoms with van der Waals surface area (Å²) in [5.74, 6) is 0.493. The Hall–Kier alpha value is -2.66. The Labute approximate surface area is 138 Å². The monoisotopic (exact) mass is 331 g/mol. The molecule has 0 saturated heterocycles. The second kappa shape index (κ2) is 7.56. The molecular weight excluding hydrogens is 318 g/mol. The van der Waals surface area contributed by atoms with Crippen molar-refractivity contribution in [3.63, 3.8) is 0 Å². The molecule has 0 aliphatic carbocycles. The van der Waals surface area contributed by atoms with Gasteiger partial charge < -0.3 is 4.74 Å². The molecule has 2 aromatic carbocycles. The molecule has 2 aromatic rings. The lowest BCUT2D eigenvalue weighted by Gasteiger charge is -2.02. The molecular formula is C17H14ClNO4. The molecule has 0 amide bonds. The van der Waals surface area contributed by atoms with Crippen LogP contribution in [0.25, 0.3) is 6.08 Å². The van der Waals surface area contributed by atoms with E-state index in [9.17, 15) is 14.9 Å². The number of rotatable bonds is 6. The predicted octanol–water partition coefficient (Wildman–Crippen LogP) is 4.54. The lowest BCUT2D eigenvalue weighted by molar-refractivity contribution is -0.384. The molecule has 0 radical (unpaired) electrons. The molecule has 23 heavy (non-hydrogen) atoms. The van der Waals surface area contributed by atoms with Gasteiger partial charge in [-0.1, -0.05) is 23.7 Å². The SMILES string of the molecule is CCOc1ccc(C(=O)/C=C/c2ccc(Cl)c([N+](=O)[O-])c2)cc1. The first-order valence-electron chi connectivity index (χ1n) is 6.90. The van der Waals surface area contributed by atoms with Crippen LogP contribution in [-0.4, -0.2) is 17.3 Å². The predicted molar refractivity (Wildman–Crippen MR) is 89.1 cm³/mol. The van der Waals surface area contributed by atoms with E-state index in [1.54, 1.807) is 30.3 Å². The summed E-state index contributed by atoms with van der Waals surface area (Å²) in [6.45, 7) is 2.44. The molecule has 6 heteroatoms. The third-order valence-electron chi connectivity index (χ3n) is 3.04. The van der Waals surface area contributed by atoms with Crippen molar-refractivity contribution in [1.29, 1.82) is 0 Å². The zero-order chi connectivity index (χ0) is 16.8. The smallest absolute Gasteiger partial charge is 0.288 e. The summed E-state index contributed by atoms with van der Waals surface area (Å²) >= 11 is 5.75. The van der Waals surface area contributed by atoms with Gasteiger partial charge in [-0.15, -0.1) is 0 Å². The van der Waals surface area contributed by atoms with Crippen LogP contribution in [0.15, 0.2) is 48.5 Å². The molecule has 118 valence electrons. The minimum atomic E-state index is -0.562. The third-order valence-corrected chi connectivity index (χ3v) is 3.36. The maximum atomic E-state index is 12.1. The molecule has 0 bridgehead atoms. The Morgan fingerprint density at radius 2 is 1.96 bits per heavy atom. The van der Waals surface area contributed by atoms with Crippen LogP contribution < -0.4 is 4.74 Å². The van der Waals surface area contributed by atoms with Crippen molar-refractivity contribution >= 4 is 29.1 Å². The van der Waals surface area contributed by atoms with Gasteiger partial charge in [-0.05, 0) is 48.9 Å². The fourth-order valence-electron chi connectivity index (χ4n) is 1.92. The number of ether oxygens (including phenoxy) is 1. The molecule has 0 atom stereocenters. The molecule has 0 saturated carbocycles. The van der Waals surface area contributed by atoms with E-state index in [2.05, 4.69) is 0 Å². The van der Waals surface area contributed by atoms with Gasteiger partial charge in [0, 0.05) is 11.6 Å². The van der Waals surface area contributed by atoms with Crippen molar-refractivity contribution in [2.75, 3.05) is 6.61 Å². The molecule has 0 heterocycles. The largest absolute Gasteiger partial charge is 0.494 e. The average molecular weight is 332 g/mol. The van der Waals surface area contributed by atoms with Gasteiger partial charge in [0.15, 0.2) is 5.78 Å². The quantitative estimate of drug-likeness (QED) is 0.337. The highest BCUT2D eigenvalue weighted by Crippen LogP contribution is 2.25. The maximum Gasteiger partial charge on any atom is 0.288 e. The minimum absolute atomic E-state index is 0.0602. The molecule has 0 aliphatic heterocycles. The van der Waals surface area contributed by atoms with Gasteiger partial charge in [-0.3, -0.25) is 14.9 Å². The Kier molecular flexibility index (Phi) is 5.49. The Bertz CT molecular complexity index is 754. The van der Waals surface area contributed by atoms with Gasteiger partial charge in [-0.25, -0.2) is 0 Å². The van der Waals surface area contributed by atoms with Gasteiger partial charge in [0.25, 0.3) is 5.69 Å². The fraction of sp³-hybridized carbons (Fsp3) is 0.118. The van der Waals surface area contributed by atoms with Crippen LogP contribution in [-0.2, 0) is 0 Å². The van der Waals surface area contributed by atoms with Crippen LogP contribution in [0.2, 0.25) is 5.02 Å². The van der Waals surface area contributed by atoms with Crippen molar-refractivity contribution in [3.8, 4) is 5.75 Å². The zero-order valence-corrected chi connectivity index (χ0v) is 13.1. The highest BCUT2D eigenvalue weighted by Gasteiger charge is 2.11. The third kappa shape index (κ3) is 4.40. The highest BCUT2D eigenvalue weighted by atomic mass is 35.5. The molecule has 0 fully saturated rings. The van der Waals surface area contributed by atoms with Crippen molar-refractivity contribution in [1.82, 2.24) is 0 Å². The van der Waals surface area contributed by atoms with E-state index in [0.717, 1.165) is 0 Å². The van der Waals surface area contributed by atoms with Gasteiger partial charge in [-0.2, -0.15) is 0 Å². The molecule has 0 aromatic heterocycles. The normalized spacial score (nSPS) is 10.7. The molecule has 2 rings (SSSR count). The molecule has 5 nitrogen and oxygen atoms in total. The molecule has 0 unspecified atom stereocenters. The van der Waals surface area contributed by atoms with Crippen LogP contribution in [0, 0.1) is 10.1 Å². The maximum absolute atomic E-state index is 12.1. The standard InChI is InChI=1S/C17H14ClNO4/c1-2-23-14-7-5-13(6-8-14)17(20)10-4-12-3-9-15(18)16(11-12)19(21)22/h3-11H,2H2,1H3/b10-4+. The summed E-state index contributed by atoms with van der Waals surface area (Å²) in [5.41, 5.74) is 0.843. The van der Waals surface area contributed by atoms with E-state index in [-0.39, 0.29) is 16.5 Å². The Morgan fingerprint density at radius 3 is 2.57 bits per heavy atom. The van der Waals surface area contributed by atoms with Gasteiger partial charge in [0.05, 0.1) is 11.5 Å². The van der Waals surface area contributed by atoms with Crippen LogP contribution in [0.4, 0.5) is 5.69 Å². The highest BCUT2D eigenvalue weighted by molar-refractivity contribution is 6.32. The summed E-state index contributed by atoms with van der Waals surface area (Å²) in [7, 11) is 0. The summed E-state index contributed by atoms with van der Waals surface area (Å²) in [6.07, 6.45) is 2.88. The topological polar surface area (TPSA) is 69.4 Å². The number of nitrogens with zero attached hydrogens (tertiary/aromatic N) is 1. The average Bonchev–Trinajstić information content (AvgIpc) is 2.54. The van der Waals surface area contributed by atoms with Crippen molar-refractivity contribution < 1.29 is 14.5 Å². The van der Waals surface area contributed by atoms with E-state index in [0.29, 0.717) is 23.5 Å². The second-order valence-corrected chi connectivity index (χ2v) is 5.03. The van der Waals surface area contributed by atoms with E-state index in [1.165, 1.54) is 24.3 Å². The number of hydrogen-bond acceptors (Lipinski definition) is 4. The van der Waals surface area contributed by atoms with Crippen LogP contribution in [0.1, 0.15) is 22.8 Å². The summed E-state index contributed by atoms with van der Waals surface area (Å²) in [5, 5.41) is 10.9. The van der Waals surface area contributed by atoms with Crippen LogP contribution in [0.3, 0.4) is 0 Å². The summed E-state index contributed by atoms with van der Waals surface area (Å²) in [6, 6.07) is 11.1. The van der Waals surface area contributed by atoms with Gasteiger partial charge >= 0.3 is 0 Å². The Morgan fingerprint density at radius 1 is 1.26 bits per heavy atom. The number of ketones is 1. The van der Waals surface area contributed by atoms with Crippen LogP contribution >= 0.6 is 11.6 Å². The van der Waals surface area contributed by atoms with Gasteiger partial charge in [0.1, 0.15) is 10.8 Å². The lowest BCUT2D eigenvalue weighted by Crippen LogP contribution is -1.96. The second-order valence-electron chi connectivity index (χ2n) is 4.62. The first-order chi connectivity index (χ1) is 11.0. The van der Waals surface area contributed by atoms with Crippen molar-refractivity contribution in [2.24, 2.45) is 0 Å². The summed E-state index contributed by atoms with van der Waals surface area (Å²) in [4.78, 5) is 22.4. The van der Waals surface area contributed by atoms with Crippen molar-refractivity contribution in [2.45, 2.75) is 6.92 Å². The summed E-state index contributed by atoms with van der Waals surface area (Å²) < 4.78 is 5.31. The minimum Gasteiger partial charge on any atom is -0.494 e. The van der Waals surface area contributed by atoms with Gasteiger partial charge in [0.2, 0.25) is 0 Å². The van der Waals surface area contributed by atoms with E-state index >= 15 is 0 Å². The molecule has 0 N–H and O–H groups in total. The van der Waals surface area contributed by atoms with E-state index in [4.69, 9.17) is 16.3 Å². The molecule has 0 aliphatic rings. The number of carbonyl (C=O) groups excluding carboxylic acids is 1. The Balaban J connectivity index is 2.14. The lowest BCUT2D eigenvalue weighted by atomic mass is 10.1. The van der Waals surface area contributed by atoms with Crippen molar-refractivity contribution in [3.05, 3.63) is 74.8 Å². The first kappa shape index (κ1) is 16.7. The number of nitro benzene ring substituents is 1. The number of nitro groups is 1. The number of allylic oxidation sites excluding steroid dienone is 1. The number of benzene rings is 2. The number of hydrogen-bond donors (Lipinski definition) is 0. The van der Waals surface area contributed by atoms with E-state index in [1.807, 2.05) is 6.92 Å². The van der Waals surface area contributed by atoms with E-state index < -0.39 is 4.92 Å².